The van der Waals surface area contributed by atoms with Crippen LogP contribution in [0.5, 0.6) is 0 Å². The van der Waals surface area contributed by atoms with Gasteiger partial charge in [0.05, 0.1) is 22.5 Å². The van der Waals surface area contributed by atoms with Gasteiger partial charge in [-0.3, -0.25) is 0 Å². The SMILES string of the molecule is CCC(CC)c1cc(B2OC(C)(C)C(C)(C)O2)n(C2CCCCO2)n1. The maximum atomic E-state index is 6.30. The zero-order valence-corrected chi connectivity index (χ0v) is 16.7. The molecule has 0 amide bonds. The van der Waals surface area contributed by atoms with Gasteiger partial charge in [0.25, 0.3) is 0 Å². The molecule has 2 saturated heterocycles. The normalized spacial score (nSPS) is 25.7. The van der Waals surface area contributed by atoms with Crippen molar-refractivity contribution in [1.82, 2.24) is 9.78 Å². The highest BCUT2D eigenvalue weighted by Crippen LogP contribution is 2.37. The summed E-state index contributed by atoms with van der Waals surface area (Å²) in [7, 11) is -0.397. The summed E-state index contributed by atoms with van der Waals surface area (Å²) in [6.07, 6.45) is 5.46. The molecule has 3 rings (SSSR count). The van der Waals surface area contributed by atoms with Crippen molar-refractivity contribution in [2.45, 2.75) is 97.0 Å². The minimum atomic E-state index is -0.397. The molecule has 0 radical (unpaired) electrons. The first-order valence-corrected chi connectivity index (χ1v) is 9.85. The second-order valence-corrected chi connectivity index (χ2v) is 8.36. The van der Waals surface area contributed by atoms with E-state index in [0.717, 1.165) is 43.6 Å². The van der Waals surface area contributed by atoms with Crippen molar-refractivity contribution in [3.8, 4) is 0 Å². The first-order valence-electron chi connectivity index (χ1n) is 9.85. The number of hydrogen-bond acceptors (Lipinski definition) is 4. The summed E-state index contributed by atoms with van der Waals surface area (Å²) >= 11 is 0. The second kappa shape index (κ2) is 7.05. The Morgan fingerprint density at radius 3 is 2.32 bits per heavy atom. The topological polar surface area (TPSA) is 45.5 Å². The number of hydrogen-bond donors (Lipinski definition) is 0. The standard InChI is InChI=1S/C19H33BN2O3/c1-7-14(8-2)15-13-16(20-24-18(3,4)19(5,6)25-20)22(21-15)17-11-9-10-12-23-17/h13-14,17H,7-12H2,1-6H3. The lowest BCUT2D eigenvalue weighted by Gasteiger charge is -2.32. The Labute approximate surface area is 152 Å². The van der Waals surface area contributed by atoms with Gasteiger partial charge in [0.1, 0.15) is 6.23 Å². The third kappa shape index (κ3) is 3.53. The van der Waals surface area contributed by atoms with Gasteiger partial charge in [0.15, 0.2) is 0 Å². The first-order chi connectivity index (χ1) is 11.8. The predicted octanol–water partition coefficient (Wildman–Crippen LogP) is 3.79. The van der Waals surface area contributed by atoms with Crippen LogP contribution >= 0.6 is 0 Å². The number of rotatable bonds is 5. The van der Waals surface area contributed by atoms with Crippen molar-refractivity contribution in [2.24, 2.45) is 0 Å². The minimum Gasteiger partial charge on any atom is -0.398 e. The van der Waals surface area contributed by atoms with Gasteiger partial charge in [-0.15, -0.1) is 0 Å². The van der Waals surface area contributed by atoms with Crippen LogP contribution in [0, 0.1) is 0 Å². The average molecular weight is 348 g/mol. The molecular formula is C19H33BN2O3. The Bertz CT molecular complexity index is 573. The highest BCUT2D eigenvalue weighted by atomic mass is 16.7. The van der Waals surface area contributed by atoms with Gasteiger partial charge in [0, 0.05) is 12.5 Å². The van der Waals surface area contributed by atoms with Crippen LogP contribution in [0.4, 0.5) is 0 Å². The number of aromatic nitrogens is 2. The van der Waals surface area contributed by atoms with Crippen LogP contribution in [0.25, 0.3) is 0 Å². The maximum absolute atomic E-state index is 6.30. The van der Waals surface area contributed by atoms with E-state index < -0.39 is 7.12 Å². The monoisotopic (exact) mass is 348 g/mol. The van der Waals surface area contributed by atoms with Gasteiger partial charge in [0.2, 0.25) is 0 Å². The Hall–Kier alpha value is -0.845. The summed E-state index contributed by atoms with van der Waals surface area (Å²) < 4.78 is 20.7. The molecule has 0 saturated carbocycles. The molecule has 0 aliphatic carbocycles. The zero-order valence-electron chi connectivity index (χ0n) is 16.7. The lowest BCUT2D eigenvalue weighted by Crippen LogP contribution is -2.42. The van der Waals surface area contributed by atoms with E-state index in [4.69, 9.17) is 19.1 Å². The fraction of sp³-hybridized carbons (Fsp3) is 0.842. The molecule has 25 heavy (non-hydrogen) atoms. The summed E-state index contributed by atoms with van der Waals surface area (Å²) in [5.41, 5.74) is 1.42. The van der Waals surface area contributed by atoms with E-state index in [1.165, 1.54) is 6.42 Å². The molecule has 2 aliphatic rings. The Morgan fingerprint density at radius 1 is 1.16 bits per heavy atom. The van der Waals surface area contributed by atoms with Crippen LogP contribution in [-0.2, 0) is 14.0 Å². The summed E-state index contributed by atoms with van der Waals surface area (Å²) in [4.78, 5) is 0. The van der Waals surface area contributed by atoms with Crippen LogP contribution in [0.1, 0.15) is 91.5 Å². The number of ether oxygens (including phenoxy) is 1. The van der Waals surface area contributed by atoms with Crippen molar-refractivity contribution in [1.29, 1.82) is 0 Å². The van der Waals surface area contributed by atoms with Crippen LogP contribution in [0.3, 0.4) is 0 Å². The molecule has 0 aromatic carbocycles. The Morgan fingerprint density at radius 2 is 1.80 bits per heavy atom. The van der Waals surface area contributed by atoms with E-state index in [1.807, 2.05) is 4.68 Å². The second-order valence-electron chi connectivity index (χ2n) is 8.36. The predicted molar refractivity (Wildman–Crippen MR) is 100 cm³/mol. The summed E-state index contributed by atoms with van der Waals surface area (Å²) in [6, 6.07) is 2.18. The molecule has 6 heteroatoms. The molecular weight excluding hydrogens is 315 g/mol. The number of nitrogens with zero attached hydrogens (tertiary/aromatic N) is 2. The van der Waals surface area contributed by atoms with Gasteiger partial charge < -0.3 is 14.0 Å². The molecule has 1 aromatic heterocycles. The third-order valence-corrected chi connectivity index (χ3v) is 6.11. The van der Waals surface area contributed by atoms with Crippen molar-refractivity contribution in [3.05, 3.63) is 11.8 Å². The third-order valence-electron chi connectivity index (χ3n) is 6.11. The van der Waals surface area contributed by atoms with Crippen LogP contribution in [0.15, 0.2) is 6.07 Å². The molecule has 0 bridgehead atoms. The fourth-order valence-corrected chi connectivity index (χ4v) is 3.62. The Balaban J connectivity index is 1.96. The summed E-state index contributed by atoms with van der Waals surface area (Å²) in [5, 5.41) is 4.95. The largest absolute Gasteiger partial charge is 0.514 e. The molecule has 3 heterocycles. The molecule has 1 aromatic rings. The zero-order chi connectivity index (χ0) is 18.2. The van der Waals surface area contributed by atoms with E-state index in [1.54, 1.807) is 0 Å². The highest BCUT2D eigenvalue weighted by Gasteiger charge is 2.53. The van der Waals surface area contributed by atoms with E-state index >= 15 is 0 Å². The quantitative estimate of drug-likeness (QED) is 0.760. The lowest BCUT2D eigenvalue weighted by molar-refractivity contribution is -0.0382. The van der Waals surface area contributed by atoms with Crippen LogP contribution in [0.2, 0.25) is 0 Å². The maximum Gasteiger partial charge on any atom is 0.514 e. The van der Waals surface area contributed by atoms with Crippen LogP contribution < -0.4 is 5.59 Å². The lowest BCUT2D eigenvalue weighted by atomic mass is 9.83. The smallest absolute Gasteiger partial charge is 0.398 e. The van der Waals surface area contributed by atoms with E-state index in [9.17, 15) is 0 Å². The molecule has 0 N–H and O–H groups in total. The first kappa shape index (κ1) is 18.9. The van der Waals surface area contributed by atoms with Gasteiger partial charge in [-0.1, -0.05) is 13.8 Å². The van der Waals surface area contributed by atoms with Gasteiger partial charge in [-0.05, 0) is 65.9 Å². The van der Waals surface area contributed by atoms with Crippen molar-refractivity contribution in [3.63, 3.8) is 0 Å². The van der Waals surface area contributed by atoms with Crippen molar-refractivity contribution in [2.75, 3.05) is 6.61 Å². The van der Waals surface area contributed by atoms with E-state index in [0.29, 0.717) is 5.92 Å². The average Bonchev–Trinajstić information content (AvgIpc) is 3.09. The fourth-order valence-electron chi connectivity index (χ4n) is 3.62. The molecule has 5 nitrogen and oxygen atoms in total. The van der Waals surface area contributed by atoms with Crippen LogP contribution in [-0.4, -0.2) is 34.7 Å². The van der Waals surface area contributed by atoms with Crippen molar-refractivity contribution >= 4 is 12.7 Å². The molecule has 1 atom stereocenters. The summed E-state index contributed by atoms with van der Waals surface area (Å²) in [6.45, 7) is 13.6. The summed E-state index contributed by atoms with van der Waals surface area (Å²) in [5.74, 6) is 0.464. The van der Waals surface area contributed by atoms with Gasteiger partial charge >= 0.3 is 7.12 Å². The molecule has 0 spiro atoms. The molecule has 1 unspecified atom stereocenters. The Kier molecular flexibility index (Phi) is 5.34. The minimum absolute atomic E-state index is 0.00844. The van der Waals surface area contributed by atoms with Crippen molar-refractivity contribution < 1.29 is 14.0 Å². The molecule has 2 fully saturated rings. The molecule has 2 aliphatic heterocycles. The molecule has 140 valence electrons. The van der Waals surface area contributed by atoms with E-state index in [2.05, 4.69) is 47.6 Å². The van der Waals surface area contributed by atoms with Gasteiger partial charge in [-0.25, -0.2) is 4.68 Å². The van der Waals surface area contributed by atoms with E-state index in [-0.39, 0.29) is 17.4 Å². The highest BCUT2D eigenvalue weighted by molar-refractivity contribution is 6.61. The van der Waals surface area contributed by atoms with Gasteiger partial charge in [-0.2, -0.15) is 5.10 Å².